The molecule has 3 nitrogen and oxygen atoms in total. The highest BCUT2D eigenvalue weighted by Crippen LogP contribution is 2.49. The Labute approximate surface area is 331 Å². The lowest BCUT2D eigenvalue weighted by molar-refractivity contribution is 0.225. The number of para-hydroxylation sites is 2. The van der Waals surface area contributed by atoms with Crippen molar-refractivity contribution in [3.05, 3.63) is 144 Å². The molecular weight excluding hydrogens is 681 g/mol. The molecule has 0 amide bonds. The average Bonchev–Trinajstić information content (AvgIpc) is 3.79. The number of hydrogen-bond acceptors (Lipinski definition) is 2. The molecule has 10 rings (SSSR count). The Kier molecular flexibility index (Phi) is 7.95. The van der Waals surface area contributed by atoms with Crippen LogP contribution >= 0.6 is 0 Å². The van der Waals surface area contributed by atoms with Crippen LogP contribution in [-0.4, -0.2) is 9.55 Å². The molecule has 0 atom stereocenters. The number of benzene rings is 7. The molecule has 56 heavy (non-hydrogen) atoms. The third-order valence-electron chi connectivity index (χ3n) is 12.6. The van der Waals surface area contributed by atoms with Crippen molar-refractivity contribution in [3.63, 3.8) is 0 Å². The third kappa shape index (κ3) is 5.66. The van der Waals surface area contributed by atoms with E-state index in [0.29, 0.717) is 0 Å². The van der Waals surface area contributed by atoms with Gasteiger partial charge in [-0.1, -0.05) is 126 Å². The first-order valence-electron chi connectivity index (χ1n) is 21.0. The zero-order valence-corrected chi connectivity index (χ0v) is 33.4. The monoisotopic (exact) mass is 731 g/mol. The highest BCUT2D eigenvalue weighted by molar-refractivity contribution is 6.18. The summed E-state index contributed by atoms with van der Waals surface area (Å²) in [6.07, 6.45) is 3.69. The molecule has 1 aliphatic rings. The van der Waals surface area contributed by atoms with Crippen molar-refractivity contribution in [2.45, 2.75) is 85.0 Å². The van der Waals surface area contributed by atoms with E-state index in [0.717, 1.165) is 75.6 Å². The maximum absolute atomic E-state index is 10.1. The van der Waals surface area contributed by atoms with Crippen molar-refractivity contribution >= 4 is 54.5 Å². The second-order valence-corrected chi connectivity index (χ2v) is 17.5. The molecule has 0 saturated heterocycles. The van der Waals surface area contributed by atoms with Crippen LogP contribution in [0.25, 0.3) is 82.7 Å². The quantitative estimate of drug-likeness (QED) is 0.159. The van der Waals surface area contributed by atoms with Gasteiger partial charge in [0.2, 0.25) is 0 Å². The van der Waals surface area contributed by atoms with Crippen molar-refractivity contribution in [3.8, 4) is 28.2 Å². The van der Waals surface area contributed by atoms with Gasteiger partial charge in [0, 0.05) is 12.1 Å². The van der Waals surface area contributed by atoms with Gasteiger partial charge in [-0.2, -0.15) is 0 Å². The molecule has 9 aromatic rings. The summed E-state index contributed by atoms with van der Waals surface area (Å²) in [5.74, 6) is 0.654. The molecular formula is C53H50N2O. The van der Waals surface area contributed by atoms with E-state index in [2.05, 4.69) is 174 Å². The fourth-order valence-corrected chi connectivity index (χ4v) is 9.40. The molecule has 0 unspecified atom stereocenters. The fraction of sp³-hybridized carbons (Fsp3) is 0.264. The predicted octanol–water partition coefficient (Wildman–Crippen LogP) is 15.5. The van der Waals surface area contributed by atoms with Crippen molar-refractivity contribution in [1.29, 1.82) is 0 Å². The van der Waals surface area contributed by atoms with Gasteiger partial charge in [0.15, 0.2) is 0 Å². The fourth-order valence-electron chi connectivity index (χ4n) is 9.40. The van der Waals surface area contributed by atoms with Crippen LogP contribution in [0, 0.1) is 5.41 Å². The van der Waals surface area contributed by atoms with Gasteiger partial charge in [-0.25, -0.2) is 4.98 Å². The zero-order valence-electron chi connectivity index (χ0n) is 34.4. The van der Waals surface area contributed by atoms with Crippen molar-refractivity contribution in [1.82, 2.24) is 9.55 Å². The summed E-state index contributed by atoms with van der Waals surface area (Å²) in [5, 5.41) is 6.91. The number of imidazole rings is 1. The van der Waals surface area contributed by atoms with E-state index in [1.807, 2.05) is 0 Å². The summed E-state index contributed by atoms with van der Waals surface area (Å²) in [6, 6.07) is 46.1. The highest BCUT2D eigenvalue weighted by Gasteiger charge is 2.31. The van der Waals surface area contributed by atoms with Crippen LogP contribution in [0.2, 0.25) is 0 Å². The Bertz CT molecular complexity index is 2980. The lowest BCUT2D eigenvalue weighted by atomic mass is 9.70. The normalized spacial score (nSPS) is 15.9. The van der Waals surface area contributed by atoms with Gasteiger partial charge in [-0.05, 0) is 141 Å². The average molecular weight is 732 g/mol. The van der Waals surface area contributed by atoms with Crippen molar-refractivity contribution in [2.75, 3.05) is 0 Å². The Hall–Kier alpha value is -5.67. The molecule has 1 saturated carbocycles. The van der Waals surface area contributed by atoms with Crippen LogP contribution in [0.1, 0.15) is 103 Å². The molecule has 278 valence electrons. The van der Waals surface area contributed by atoms with E-state index in [-0.39, 0.29) is 17.3 Å². The molecule has 3 heteroatoms. The lowest BCUT2D eigenvalue weighted by Crippen LogP contribution is -2.20. The number of hydrogen-bond donors (Lipinski definition) is 0. The van der Waals surface area contributed by atoms with Gasteiger partial charge in [0.25, 0.3) is 0 Å². The van der Waals surface area contributed by atoms with Crippen LogP contribution in [0.5, 0.6) is 0 Å². The van der Waals surface area contributed by atoms with Crippen molar-refractivity contribution < 1.29 is 5.79 Å². The molecule has 0 N–H and O–H groups in total. The van der Waals surface area contributed by atoms with E-state index in [1.165, 1.54) is 49.5 Å². The first-order valence-corrected chi connectivity index (χ1v) is 20.5. The molecule has 1 fully saturated rings. The molecule has 2 aromatic heterocycles. The molecule has 0 spiro atoms. The van der Waals surface area contributed by atoms with E-state index in [1.54, 1.807) is 0 Å². The van der Waals surface area contributed by atoms with Gasteiger partial charge in [-0.15, -0.1) is 0 Å². The summed E-state index contributed by atoms with van der Waals surface area (Å²) in [4.78, 5) is 5.49. The topological polar surface area (TPSA) is 31.0 Å². The van der Waals surface area contributed by atoms with Gasteiger partial charge >= 0.3 is 0 Å². The number of furan rings is 1. The standard InChI is InChI=1S/C53H50N2O/c1-32(2)42-29-38(34-14-8-7-9-15-34)30-43(33(3)4)50(42)55-47-19-13-12-18-46(47)54-52(55)41-23-22-40(36-24-26-53(5,6)27-25-36)49-45-28-37-21-20-35-16-10-11-17-39(35)44(37)31-48(45)56-51(41)49/h7-23,28-33,36H,24-27H2,1-6H3/i36D. The SMILES string of the molecule is [2H]C1(c2ccc(-c3nc4ccccc4n3-c3c(C(C)C)cc(-c4ccccc4)cc3C(C)C)c3oc4cc5c(ccc6ccccc65)cc4c23)CCC(C)(C)CC1. The Morgan fingerprint density at radius 2 is 1.36 bits per heavy atom. The van der Waals surface area contributed by atoms with Crippen LogP contribution < -0.4 is 0 Å². The van der Waals surface area contributed by atoms with Gasteiger partial charge in [0.05, 0.1) is 22.3 Å². The summed E-state index contributed by atoms with van der Waals surface area (Å²) >= 11 is 0. The minimum absolute atomic E-state index is 0.239. The number of nitrogens with zero attached hydrogens (tertiary/aromatic N) is 2. The first-order chi connectivity index (χ1) is 27.5. The zero-order chi connectivity index (χ0) is 39.2. The predicted molar refractivity (Wildman–Crippen MR) is 237 cm³/mol. The molecule has 2 heterocycles. The summed E-state index contributed by atoms with van der Waals surface area (Å²) in [7, 11) is 0. The minimum Gasteiger partial charge on any atom is -0.455 e. The first kappa shape index (κ1) is 33.6. The van der Waals surface area contributed by atoms with Crippen LogP contribution in [0.15, 0.2) is 132 Å². The molecule has 7 aromatic carbocycles. The Morgan fingerprint density at radius 3 is 2.11 bits per heavy atom. The summed E-state index contributed by atoms with van der Waals surface area (Å²) in [5.41, 5.74) is 12.2. The maximum atomic E-state index is 10.1. The molecule has 0 bridgehead atoms. The number of aromatic nitrogens is 2. The van der Waals surface area contributed by atoms with E-state index >= 15 is 0 Å². The van der Waals surface area contributed by atoms with Gasteiger partial charge in [-0.3, -0.25) is 4.57 Å². The third-order valence-corrected chi connectivity index (χ3v) is 12.6. The summed E-state index contributed by atoms with van der Waals surface area (Å²) in [6.45, 7) is 13.9. The minimum atomic E-state index is -0.718. The van der Waals surface area contributed by atoms with Crippen LogP contribution in [0.3, 0.4) is 0 Å². The lowest BCUT2D eigenvalue weighted by Gasteiger charge is -2.34. The van der Waals surface area contributed by atoms with E-state index in [9.17, 15) is 1.37 Å². The second-order valence-electron chi connectivity index (χ2n) is 17.5. The summed E-state index contributed by atoms with van der Waals surface area (Å²) < 4.78 is 19.7. The Balaban J connectivity index is 1.30. The van der Waals surface area contributed by atoms with Crippen LogP contribution in [-0.2, 0) is 0 Å². The van der Waals surface area contributed by atoms with Gasteiger partial charge < -0.3 is 4.42 Å². The Morgan fingerprint density at radius 1 is 0.679 bits per heavy atom. The smallest absolute Gasteiger partial charge is 0.149 e. The molecule has 0 aliphatic heterocycles. The largest absolute Gasteiger partial charge is 0.455 e. The molecule has 1 aliphatic carbocycles. The number of rotatable bonds is 6. The maximum Gasteiger partial charge on any atom is 0.149 e. The van der Waals surface area contributed by atoms with Crippen LogP contribution in [0.4, 0.5) is 0 Å². The van der Waals surface area contributed by atoms with E-state index in [4.69, 9.17) is 9.40 Å². The highest BCUT2D eigenvalue weighted by atomic mass is 16.3. The van der Waals surface area contributed by atoms with E-state index < -0.39 is 5.89 Å². The van der Waals surface area contributed by atoms with Crippen molar-refractivity contribution in [2.24, 2.45) is 5.41 Å². The molecule has 0 radical (unpaired) electrons. The van der Waals surface area contributed by atoms with Gasteiger partial charge in [0.1, 0.15) is 17.0 Å². The number of fused-ring (bicyclic) bond motifs is 7. The second kappa shape index (κ2) is 13.2.